The molecule has 104 valence electrons. The number of carbonyl (C=O) groups is 1. The molecule has 0 saturated carbocycles. The summed E-state index contributed by atoms with van der Waals surface area (Å²) in [7, 11) is 0. The zero-order valence-corrected chi connectivity index (χ0v) is 12.7. The monoisotopic (exact) mass is 336 g/mol. The molecule has 0 aliphatic rings. The molecule has 0 aliphatic heterocycles. The van der Waals surface area contributed by atoms with Gasteiger partial charge in [0, 0.05) is 22.8 Å². The van der Waals surface area contributed by atoms with Crippen LogP contribution in [0.1, 0.15) is 19.5 Å². The number of halogens is 1. The molecule has 0 atom stereocenters. The van der Waals surface area contributed by atoms with Crippen molar-refractivity contribution in [1.29, 1.82) is 0 Å². The highest BCUT2D eigenvalue weighted by atomic mass is 79.9. The number of allylic oxidation sites excluding steroid dienone is 1. The third-order valence-corrected chi connectivity index (χ3v) is 2.91. The van der Waals surface area contributed by atoms with Crippen molar-refractivity contribution < 1.29 is 9.53 Å². The number of fused-ring (bicyclic) bond motifs is 1. The molecular weight excluding hydrogens is 324 g/mol. The van der Waals surface area contributed by atoms with Gasteiger partial charge in [-0.15, -0.1) is 0 Å². The number of esters is 1. The Balaban J connectivity index is 2.24. The zero-order valence-electron chi connectivity index (χ0n) is 11.1. The first-order chi connectivity index (χ1) is 9.45. The lowest BCUT2D eigenvalue weighted by Crippen LogP contribution is -2.16. The fourth-order valence-corrected chi connectivity index (χ4v) is 1.96. The van der Waals surface area contributed by atoms with Gasteiger partial charge >= 0.3 is 5.97 Å². The minimum Gasteiger partial charge on any atom is -0.456 e. The van der Waals surface area contributed by atoms with E-state index in [0.29, 0.717) is 11.3 Å². The van der Waals surface area contributed by atoms with E-state index in [9.17, 15) is 9.59 Å². The average Bonchev–Trinajstić information content (AvgIpc) is 2.36. The van der Waals surface area contributed by atoms with E-state index in [1.54, 1.807) is 32.2 Å². The molecule has 6 heteroatoms. The Hall–Kier alpha value is -1.95. The van der Waals surface area contributed by atoms with Gasteiger partial charge in [-0.3, -0.25) is 9.20 Å². The molecule has 2 aromatic heterocycles. The fourth-order valence-electron chi connectivity index (χ4n) is 1.62. The average molecular weight is 337 g/mol. The highest BCUT2D eigenvalue weighted by molar-refractivity contribution is 9.10. The standard InChI is InChI=1S/C14H13BrN2O3/c1-9(2)5-14(19)20-8-11-6-13(18)17-7-10(15)3-4-12(17)16-11/h3-7H,8H2,1-2H3. The molecule has 0 unspecified atom stereocenters. The van der Waals surface area contributed by atoms with Gasteiger partial charge in [0.25, 0.3) is 5.56 Å². The molecule has 2 heterocycles. The maximum absolute atomic E-state index is 11.9. The number of ether oxygens (including phenoxy) is 1. The summed E-state index contributed by atoms with van der Waals surface area (Å²) in [4.78, 5) is 27.6. The molecule has 0 aromatic carbocycles. The van der Waals surface area contributed by atoms with Crippen molar-refractivity contribution in [3.8, 4) is 0 Å². The number of rotatable bonds is 3. The fraction of sp³-hybridized carbons (Fsp3) is 0.214. The van der Waals surface area contributed by atoms with Crippen LogP contribution in [-0.2, 0) is 16.1 Å². The summed E-state index contributed by atoms with van der Waals surface area (Å²) in [5.41, 5.74) is 1.57. The first kappa shape index (κ1) is 14.5. The lowest BCUT2D eigenvalue weighted by atomic mass is 10.3. The topological polar surface area (TPSA) is 60.7 Å². The predicted octanol–water partition coefficient (Wildman–Crippen LogP) is 2.47. The number of nitrogens with zero attached hydrogens (tertiary/aromatic N) is 2. The lowest BCUT2D eigenvalue weighted by Gasteiger charge is -2.05. The van der Waals surface area contributed by atoms with E-state index < -0.39 is 5.97 Å². The first-order valence-corrected chi connectivity index (χ1v) is 6.74. The predicted molar refractivity (Wildman–Crippen MR) is 78.4 cm³/mol. The van der Waals surface area contributed by atoms with Gasteiger partial charge in [0.05, 0.1) is 5.69 Å². The van der Waals surface area contributed by atoms with Crippen LogP contribution in [0.15, 0.2) is 45.3 Å². The number of hydrogen-bond donors (Lipinski definition) is 0. The second-order valence-electron chi connectivity index (χ2n) is 4.49. The maximum atomic E-state index is 11.9. The van der Waals surface area contributed by atoms with Gasteiger partial charge in [-0.25, -0.2) is 9.78 Å². The van der Waals surface area contributed by atoms with Crippen LogP contribution in [0.3, 0.4) is 0 Å². The van der Waals surface area contributed by atoms with Gasteiger partial charge in [-0.1, -0.05) is 5.57 Å². The number of hydrogen-bond acceptors (Lipinski definition) is 4. The third-order valence-electron chi connectivity index (χ3n) is 2.45. The van der Waals surface area contributed by atoms with Crippen molar-refractivity contribution >= 4 is 27.5 Å². The SMILES string of the molecule is CC(C)=CC(=O)OCc1cc(=O)n2cc(Br)ccc2n1. The molecule has 0 amide bonds. The van der Waals surface area contributed by atoms with Crippen LogP contribution in [0.4, 0.5) is 0 Å². The Morgan fingerprint density at radius 1 is 1.45 bits per heavy atom. The lowest BCUT2D eigenvalue weighted by molar-refractivity contribution is -0.139. The zero-order chi connectivity index (χ0) is 14.7. The molecule has 20 heavy (non-hydrogen) atoms. The first-order valence-electron chi connectivity index (χ1n) is 5.95. The Labute approximate surface area is 124 Å². The molecule has 5 nitrogen and oxygen atoms in total. The summed E-state index contributed by atoms with van der Waals surface area (Å²) in [6.45, 7) is 3.59. The van der Waals surface area contributed by atoms with E-state index in [0.717, 1.165) is 10.0 Å². The van der Waals surface area contributed by atoms with Crippen molar-refractivity contribution in [1.82, 2.24) is 9.38 Å². The molecule has 0 fully saturated rings. The summed E-state index contributed by atoms with van der Waals surface area (Å²) in [5.74, 6) is -0.442. The second-order valence-corrected chi connectivity index (χ2v) is 5.41. The van der Waals surface area contributed by atoms with Crippen molar-refractivity contribution in [2.45, 2.75) is 20.5 Å². The van der Waals surface area contributed by atoms with Crippen molar-refractivity contribution in [3.63, 3.8) is 0 Å². The molecule has 2 rings (SSSR count). The molecule has 0 aliphatic carbocycles. The Morgan fingerprint density at radius 2 is 2.20 bits per heavy atom. The number of aromatic nitrogens is 2. The molecular formula is C14H13BrN2O3. The normalized spacial score (nSPS) is 10.3. The van der Waals surface area contributed by atoms with Crippen LogP contribution < -0.4 is 5.56 Å². The summed E-state index contributed by atoms with van der Waals surface area (Å²) in [6, 6.07) is 4.86. The summed E-state index contributed by atoms with van der Waals surface area (Å²) < 4.78 is 7.24. The van der Waals surface area contributed by atoms with E-state index in [2.05, 4.69) is 20.9 Å². The van der Waals surface area contributed by atoms with E-state index in [-0.39, 0.29) is 12.2 Å². The van der Waals surface area contributed by atoms with Gasteiger partial charge in [0.15, 0.2) is 0 Å². The van der Waals surface area contributed by atoms with Crippen molar-refractivity contribution in [3.05, 3.63) is 56.6 Å². The van der Waals surface area contributed by atoms with E-state index >= 15 is 0 Å². The summed E-state index contributed by atoms with van der Waals surface area (Å²) in [5, 5.41) is 0. The summed E-state index contributed by atoms with van der Waals surface area (Å²) >= 11 is 3.29. The third kappa shape index (κ3) is 3.54. The maximum Gasteiger partial charge on any atom is 0.331 e. The molecule has 0 bridgehead atoms. The summed E-state index contributed by atoms with van der Waals surface area (Å²) in [6.07, 6.45) is 3.04. The Morgan fingerprint density at radius 3 is 2.90 bits per heavy atom. The van der Waals surface area contributed by atoms with Crippen LogP contribution in [0.2, 0.25) is 0 Å². The van der Waals surface area contributed by atoms with Gasteiger partial charge in [-0.05, 0) is 41.9 Å². The van der Waals surface area contributed by atoms with Crippen LogP contribution in [0, 0.1) is 0 Å². The van der Waals surface area contributed by atoms with Crippen LogP contribution in [0.5, 0.6) is 0 Å². The Kier molecular flexibility index (Phi) is 4.34. The van der Waals surface area contributed by atoms with Crippen LogP contribution in [-0.4, -0.2) is 15.4 Å². The second kappa shape index (κ2) is 6.00. The molecule has 2 aromatic rings. The van der Waals surface area contributed by atoms with Gasteiger partial charge in [0.2, 0.25) is 0 Å². The van der Waals surface area contributed by atoms with E-state index in [1.807, 2.05) is 0 Å². The van der Waals surface area contributed by atoms with Crippen molar-refractivity contribution in [2.24, 2.45) is 0 Å². The van der Waals surface area contributed by atoms with E-state index in [4.69, 9.17) is 4.74 Å². The van der Waals surface area contributed by atoms with Gasteiger partial charge in [0.1, 0.15) is 12.3 Å². The molecule has 0 saturated heterocycles. The number of pyridine rings is 1. The van der Waals surface area contributed by atoms with E-state index in [1.165, 1.54) is 16.5 Å². The van der Waals surface area contributed by atoms with Crippen LogP contribution in [0.25, 0.3) is 5.65 Å². The van der Waals surface area contributed by atoms with Crippen LogP contribution >= 0.6 is 15.9 Å². The molecule has 0 radical (unpaired) electrons. The minimum atomic E-state index is -0.442. The van der Waals surface area contributed by atoms with Crippen molar-refractivity contribution in [2.75, 3.05) is 0 Å². The highest BCUT2D eigenvalue weighted by Gasteiger charge is 2.05. The largest absolute Gasteiger partial charge is 0.456 e. The Bertz CT molecular complexity index is 746. The highest BCUT2D eigenvalue weighted by Crippen LogP contribution is 2.09. The molecule has 0 spiro atoms. The number of carbonyl (C=O) groups excluding carboxylic acids is 1. The smallest absolute Gasteiger partial charge is 0.331 e. The van der Waals surface area contributed by atoms with Gasteiger partial charge < -0.3 is 4.74 Å². The van der Waals surface area contributed by atoms with Gasteiger partial charge in [-0.2, -0.15) is 0 Å². The minimum absolute atomic E-state index is 0.0234. The molecule has 0 N–H and O–H groups in total. The quantitative estimate of drug-likeness (QED) is 0.638.